The van der Waals surface area contributed by atoms with Gasteiger partial charge in [0, 0.05) is 26.4 Å². The minimum atomic E-state index is -0.342. The maximum absolute atomic E-state index is 12.8. The Labute approximate surface area is 176 Å². The molecular weight excluding hydrogens is 380 g/mol. The van der Waals surface area contributed by atoms with Crippen LogP contribution < -0.4 is 16.2 Å². The lowest BCUT2D eigenvalue weighted by molar-refractivity contribution is -0.124. The van der Waals surface area contributed by atoms with Gasteiger partial charge in [0.05, 0.1) is 11.4 Å². The molecule has 0 atom stereocenters. The summed E-state index contributed by atoms with van der Waals surface area (Å²) in [5.74, 6) is -0.487. The summed E-state index contributed by atoms with van der Waals surface area (Å²) in [6, 6.07) is 9.25. The van der Waals surface area contributed by atoms with Gasteiger partial charge in [-0.25, -0.2) is 4.68 Å². The van der Waals surface area contributed by atoms with Gasteiger partial charge >= 0.3 is 0 Å². The maximum Gasteiger partial charge on any atom is 0.295 e. The molecule has 0 aliphatic heterocycles. The van der Waals surface area contributed by atoms with Gasteiger partial charge < -0.3 is 10.6 Å². The zero-order valence-electron chi connectivity index (χ0n) is 17.7. The quantitative estimate of drug-likeness (QED) is 0.656. The van der Waals surface area contributed by atoms with Gasteiger partial charge in [-0.15, -0.1) is 0 Å². The first-order valence-corrected chi connectivity index (χ1v) is 10.6. The predicted octanol–water partition coefficient (Wildman–Crippen LogP) is 3.21. The van der Waals surface area contributed by atoms with Crippen molar-refractivity contribution in [1.82, 2.24) is 14.7 Å². The molecule has 0 unspecified atom stereocenters. The molecule has 2 amide bonds. The van der Waals surface area contributed by atoms with E-state index in [2.05, 4.69) is 16.7 Å². The van der Waals surface area contributed by atoms with Gasteiger partial charge in [0.2, 0.25) is 11.8 Å². The molecule has 0 radical (unpaired) electrons. The summed E-state index contributed by atoms with van der Waals surface area (Å²) in [5.41, 5.74) is 2.74. The average Bonchev–Trinajstić information content (AvgIpc) is 2.97. The fourth-order valence-electron chi connectivity index (χ4n) is 3.72. The summed E-state index contributed by atoms with van der Waals surface area (Å²) in [5, 5.41) is 5.57. The summed E-state index contributed by atoms with van der Waals surface area (Å²) in [6.45, 7) is 2.38. The minimum Gasteiger partial charge on any atom is -0.356 e. The molecule has 1 aromatic heterocycles. The van der Waals surface area contributed by atoms with E-state index in [-0.39, 0.29) is 35.9 Å². The fraction of sp³-hybridized carbons (Fsp3) is 0.435. The number of amides is 2. The average molecular weight is 411 g/mol. The zero-order valence-corrected chi connectivity index (χ0v) is 17.7. The summed E-state index contributed by atoms with van der Waals surface area (Å²) in [6.07, 6.45) is 8.02. The first-order valence-electron chi connectivity index (χ1n) is 10.6. The molecule has 2 N–H and O–H groups in total. The molecule has 160 valence electrons. The van der Waals surface area contributed by atoms with Crippen molar-refractivity contribution in [3.8, 4) is 5.69 Å². The van der Waals surface area contributed by atoms with Crippen molar-refractivity contribution in [2.75, 3.05) is 11.9 Å². The second-order valence-electron chi connectivity index (χ2n) is 7.69. The van der Waals surface area contributed by atoms with Crippen LogP contribution in [0.3, 0.4) is 0 Å². The Morgan fingerprint density at radius 1 is 1.07 bits per heavy atom. The van der Waals surface area contributed by atoms with E-state index in [9.17, 15) is 14.4 Å². The predicted molar refractivity (Wildman–Crippen MR) is 118 cm³/mol. The summed E-state index contributed by atoms with van der Waals surface area (Å²) < 4.78 is 3.22. The van der Waals surface area contributed by atoms with Crippen LogP contribution in [0.2, 0.25) is 0 Å². The van der Waals surface area contributed by atoms with Crippen molar-refractivity contribution in [2.24, 2.45) is 7.05 Å². The standard InChI is InChI=1S/C23H30N4O3/c1-17-22(23(30)27(26(17)2)19-11-7-4-8-12-19)25-21(29)14-13-20(28)24-16-15-18-9-5-3-6-10-18/h4,7-9,11-12H,3,5-6,10,13-16H2,1-2H3,(H,24,28)(H,25,29). The van der Waals surface area contributed by atoms with Gasteiger partial charge in [-0.3, -0.25) is 19.1 Å². The van der Waals surface area contributed by atoms with Gasteiger partial charge in [0.1, 0.15) is 5.69 Å². The number of benzene rings is 1. The van der Waals surface area contributed by atoms with Crippen LogP contribution in [0, 0.1) is 6.92 Å². The Balaban J connectivity index is 1.52. The molecule has 0 fully saturated rings. The minimum absolute atomic E-state index is 0.0354. The number of hydrogen-bond donors (Lipinski definition) is 2. The van der Waals surface area contributed by atoms with Crippen molar-refractivity contribution in [3.05, 3.63) is 58.0 Å². The normalized spacial score (nSPS) is 13.6. The maximum atomic E-state index is 12.8. The lowest BCUT2D eigenvalue weighted by atomic mass is 9.97. The number of anilines is 1. The number of nitrogens with one attached hydrogen (secondary N) is 2. The van der Waals surface area contributed by atoms with Crippen molar-refractivity contribution in [1.29, 1.82) is 0 Å². The highest BCUT2D eigenvalue weighted by molar-refractivity contribution is 5.93. The molecule has 1 aromatic carbocycles. The number of allylic oxidation sites excluding steroid dienone is 1. The van der Waals surface area contributed by atoms with Crippen LogP contribution in [0.25, 0.3) is 5.69 Å². The van der Waals surface area contributed by atoms with Crippen molar-refractivity contribution >= 4 is 17.5 Å². The largest absolute Gasteiger partial charge is 0.356 e. The number of rotatable bonds is 8. The highest BCUT2D eigenvalue weighted by atomic mass is 16.2. The van der Waals surface area contributed by atoms with Crippen LogP contribution in [0.1, 0.15) is 50.6 Å². The van der Waals surface area contributed by atoms with Gasteiger partial charge in [-0.2, -0.15) is 0 Å². The highest BCUT2D eigenvalue weighted by Crippen LogP contribution is 2.19. The molecule has 1 aliphatic carbocycles. The monoisotopic (exact) mass is 410 g/mol. The Kier molecular flexibility index (Phi) is 7.27. The van der Waals surface area contributed by atoms with E-state index in [1.54, 1.807) is 18.7 Å². The van der Waals surface area contributed by atoms with Gasteiger partial charge in [0.25, 0.3) is 5.56 Å². The number of nitrogens with zero attached hydrogens (tertiary/aromatic N) is 2. The van der Waals surface area contributed by atoms with Crippen molar-refractivity contribution in [3.63, 3.8) is 0 Å². The van der Waals surface area contributed by atoms with E-state index >= 15 is 0 Å². The van der Waals surface area contributed by atoms with Crippen LogP contribution in [0.15, 0.2) is 46.8 Å². The SMILES string of the molecule is Cc1c(NC(=O)CCC(=O)NCCC2=CCCCC2)c(=O)n(-c2ccccc2)n1C. The van der Waals surface area contributed by atoms with Crippen LogP contribution in [0.4, 0.5) is 5.69 Å². The van der Waals surface area contributed by atoms with E-state index in [0.717, 1.165) is 24.9 Å². The van der Waals surface area contributed by atoms with Crippen LogP contribution >= 0.6 is 0 Å². The first kappa shape index (κ1) is 21.6. The molecule has 7 nitrogen and oxygen atoms in total. The second-order valence-corrected chi connectivity index (χ2v) is 7.69. The number of para-hydroxylation sites is 1. The van der Waals surface area contributed by atoms with E-state index in [0.29, 0.717) is 12.2 Å². The third kappa shape index (κ3) is 5.28. The lowest BCUT2D eigenvalue weighted by Gasteiger charge is -2.12. The summed E-state index contributed by atoms with van der Waals surface area (Å²) in [7, 11) is 1.77. The number of hydrogen-bond acceptors (Lipinski definition) is 3. The van der Waals surface area contributed by atoms with E-state index < -0.39 is 0 Å². The molecule has 2 aromatic rings. The third-order valence-corrected chi connectivity index (χ3v) is 5.55. The Morgan fingerprint density at radius 2 is 1.80 bits per heavy atom. The molecule has 0 saturated heterocycles. The molecule has 0 spiro atoms. The molecule has 1 heterocycles. The summed E-state index contributed by atoms with van der Waals surface area (Å²) in [4.78, 5) is 37.2. The van der Waals surface area contributed by atoms with E-state index in [4.69, 9.17) is 0 Å². The molecule has 0 bridgehead atoms. The number of aromatic nitrogens is 2. The van der Waals surface area contributed by atoms with Crippen LogP contribution in [0.5, 0.6) is 0 Å². The molecule has 7 heteroatoms. The molecular formula is C23H30N4O3. The fourth-order valence-corrected chi connectivity index (χ4v) is 3.72. The van der Waals surface area contributed by atoms with Gasteiger partial charge in [-0.05, 0) is 51.2 Å². The Hall–Kier alpha value is -3.09. The first-order chi connectivity index (χ1) is 14.5. The van der Waals surface area contributed by atoms with Crippen LogP contribution in [-0.2, 0) is 16.6 Å². The molecule has 3 rings (SSSR count). The molecule has 1 aliphatic rings. The number of carbonyl (C=O) groups is 2. The van der Waals surface area contributed by atoms with Crippen molar-refractivity contribution in [2.45, 2.75) is 51.9 Å². The Bertz CT molecular complexity index is 986. The number of carbonyl (C=O) groups excluding carboxylic acids is 2. The second kappa shape index (κ2) is 10.1. The third-order valence-electron chi connectivity index (χ3n) is 5.55. The lowest BCUT2D eigenvalue weighted by Crippen LogP contribution is -2.27. The molecule has 30 heavy (non-hydrogen) atoms. The zero-order chi connectivity index (χ0) is 21.5. The molecule has 0 saturated carbocycles. The topological polar surface area (TPSA) is 85.1 Å². The smallest absolute Gasteiger partial charge is 0.295 e. The van der Waals surface area contributed by atoms with Gasteiger partial charge in [-0.1, -0.05) is 29.8 Å². The highest BCUT2D eigenvalue weighted by Gasteiger charge is 2.18. The van der Waals surface area contributed by atoms with E-state index in [1.807, 2.05) is 30.3 Å². The Morgan fingerprint density at radius 3 is 2.50 bits per heavy atom. The summed E-state index contributed by atoms with van der Waals surface area (Å²) >= 11 is 0. The van der Waals surface area contributed by atoms with Crippen LogP contribution in [-0.4, -0.2) is 27.7 Å². The van der Waals surface area contributed by atoms with Gasteiger partial charge in [0.15, 0.2) is 0 Å². The van der Waals surface area contributed by atoms with Crippen molar-refractivity contribution < 1.29 is 9.59 Å². The van der Waals surface area contributed by atoms with E-state index in [1.165, 1.54) is 23.1 Å².